The van der Waals surface area contributed by atoms with Crippen LogP contribution < -0.4 is 0 Å². The highest BCUT2D eigenvalue weighted by atomic mass is 19.4. The van der Waals surface area contributed by atoms with Crippen LogP contribution in [0.1, 0.15) is 33.1 Å². The number of nitriles is 1. The molecule has 0 spiro atoms. The summed E-state index contributed by atoms with van der Waals surface area (Å²) in [7, 11) is 0. The Morgan fingerprint density at radius 1 is 1.52 bits per heavy atom. The quantitative estimate of drug-likeness (QED) is 0.783. The summed E-state index contributed by atoms with van der Waals surface area (Å²) >= 11 is 0. The zero-order chi connectivity index (χ0) is 16.0. The lowest BCUT2D eigenvalue weighted by atomic mass is 9.95. The molecule has 0 aromatic rings. The second-order valence-corrected chi connectivity index (χ2v) is 5.51. The van der Waals surface area contributed by atoms with Crippen molar-refractivity contribution in [2.75, 3.05) is 26.2 Å². The van der Waals surface area contributed by atoms with Crippen molar-refractivity contribution in [3.05, 3.63) is 0 Å². The van der Waals surface area contributed by atoms with Crippen molar-refractivity contribution in [3.8, 4) is 6.07 Å². The molecule has 21 heavy (non-hydrogen) atoms. The molecule has 1 fully saturated rings. The Labute approximate surface area is 123 Å². The molecule has 1 heterocycles. The van der Waals surface area contributed by atoms with Crippen molar-refractivity contribution in [3.63, 3.8) is 0 Å². The third-order valence-electron chi connectivity index (χ3n) is 3.88. The van der Waals surface area contributed by atoms with Crippen LogP contribution in [0.5, 0.6) is 0 Å². The van der Waals surface area contributed by atoms with Crippen LogP contribution in [0, 0.1) is 17.2 Å². The number of halogens is 3. The lowest BCUT2D eigenvalue weighted by Crippen LogP contribution is -2.49. The van der Waals surface area contributed by atoms with Gasteiger partial charge in [0.25, 0.3) is 0 Å². The van der Waals surface area contributed by atoms with Gasteiger partial charge in [0.2, 0.25) is 5.91 Å². The molecule has 4 nitrogen and oxygen atoms in total. The topological polar surface area (TPSA) is 47.3 Å². The van der Waals surface area contributed by atoms with Crippen molar-refractivity contribution < 1.29 is 18.0 Å². The van der Waals surface area contributed by atoms with Crippen LogP contribution in [0.15, 0.2) is 0 Å². The van der Waals surface area contributed by atoms with Gasteiger partial charge in [-0.1, -0.05) is 0 Å². The van der Waals surface area contributed by atoms with Gasteiger partial charge in [-0.2, -0.15) is 18.4 Å². The number of likely N-dealkylation sites (tertiary alicyclic amines) is 1. The molecular weight excluding hydrogens is 283 g/mol. The standard InChI is InChI=1S/C14H22F3N3O/c1-3-19(10-14(15,16)17)13(21)12-5-4-8-20(9-12)11(2)6-7-18/h11-12H,3-6,8-10H2,1-2H3/t11-,12+/m0/s1. The van der Waals surface area contributed by atoms with Crippen molar-refractivity contribution in [1.29, 1.82) is 5.26 Å². The minimum atomic E-state index is -4.37. The van der Waals surface area contributed by atoms with E-state index < -0.39 is 24.5 Å². The molecule has 7 heteroatoms. The van der Waals surface area contributed by atoms with Crippen LogP contribution in [0.3, 0.4) is 0 Å². The van der Waals surface area contributed by atoms with E-state index in [9.17, 15) is 18.0 Å². The zero-order valence-corrected chi connectivity index (χ0v) is 12.5. The van der Waals surface area contributed by atoms with Gasteiger partial charge in [0.1, 0.15) is 6.54 Å². The largest absolute Gasteiger partial charge is 0.406 e. The Bertz CT molecular complexity index is 392. The molecule has 1 aliphatic heterocycles. The molecule has 0 radical (unpaired) electrons. The number of carbonyl (C=O) groups is 1. The van der Waals surface area contributed by atoms with E-state index in [2.05, 4.69) is 6.07 Å². The molecule has 1 saturated heterocycles. The van der Waals surface area contributed by atoms with Crippen LogP contribution in [-0.4, -0.2) is 54.1 Å². The van der Waals surface area contributed by atoms with Gasteiger partial charge in [-0.25, -0.2) is 0 Å². The van der Waals surface area contributed by atoms with E-state index in [1.165, 1.54) is 0 Å². The van der Waals surface area contributed by atoms with Gasteiger partial charge in [-0.3, -0.25) is 9.69 Å². The predicted molar refractivity (Wildman–Crippen MR) is 72.3 cm³/mol. The summed E-state index contributed by atoms with van der Waals surface area (Å²) in [5, 5.41) is 8.72. The SMILES string of the molecule is CCN(CC(F)(F)F)C(=O)[C@@H]1CCCN([C@@H](C)CC#N)C1. The monoisotopic (exact) mass is 305 g/mol. The lowest BCUT2D eigenvalue weighted by Gasteiger charge is -2.37. The second kappa shape index (κ2) is 7.64. The summed E-state index contributed by atoms with van der Waals surface area (Å²) < 4.78 is 37.5. The van der Waals surface area contributed by atoms with Crippen LogP contribution >= 0.6 is 0 Å². The first-order chi connectivity index (χ1) is 9.78. The molecule has 1 amide bonds. The molecule has 0 saturated carbocycles. The zero-order valence-electron chi connectivity index (χ0n) is 12.5. The Kier molecular flexibility index (Phi) is 6.46. The van der Waals surface area contributed by atoms with Gasteiger partial charge >= 0.3 is 6.18 Å². The number of hydrogen-bond acceptors (Lipinski definition) is 3. The minimum Gasteiger partial charge on any atom is -0.334 e. The predicted octanol–water partition coefficient (Wildman–Crippen LogP) is 2.41. The fraction of sp³-hybridized carbons (Fsp3) is 0.857. The second-order valence-electron chi connectivity index (χ2n) is 5.51. The van der Waals surface area contributed by atoms with E-state index >= 15 is 0 Å². The summed E-state index contributed by atoms with van der Waals surface area (Å²) in [6.45, 7) is 3.56. The molecule has 0 aliphatic carbocycles. The van der Waals surface area contributed by atoms with E-state index in [1.54, 1.807) is 6.92 Å². The van der Waals surface area contributed by atoms with E-state index in [0.29, 0.717) is 19.4 Å². The van der Waals surface area contributed by atoms with Crippen LogP contribution in [-0.2, 0) is 4.79 Å². The highest BCUT2D eigenvalue weighted by molar-refractivity contribution is 5.79. The highest BCUT2D eigenvalue weighted by Gasteiger charge is 2.36. The fourth-order valence-corrected chi connectivity index (χ4v) is 2.69. The van der Waals surface area contributed by atoms with E-state index in [0.717, 1.165) is 17.9 Å². The molecule has 1 rings (SSSR count). The van der Waals surface area contributed by atoms with Crippen molar-refractivity contribution in [2.45, 2.75) is 45.3 Å². The van der Waals surface area contributed by atoms with Crippen molar-refractivity contribution in [2.24, 2.45) is 5.92 Å². The summed E-state index contributed by atoms with van der Waals surface area (Å²) in [6.07, 6.45) is -2.62. The van der Waals surface area contributed by atoms with E-state index in [4.69, 9.17) is 5.26 Å². The van der Waals surface area contributed by atoms with Crippen LogP contribution in [0.25, 0.3) is 0 Å². The van der Waals surface area contributed by atoms with E-state index in [-0.39, 0.29) is 12.6 Å². The Morgan fingerprint density at radius 2 is 2.19 bits per heavy atom. The van der Waals surface area contributed by atoms with Gasteiger partial charge in [0, 0.05) is 19.1 Å². The maximum Gasteiger partial charge on any atom is 0.406 e. The Hall–Kier alpha value is -1.29. The molecule has 0 N–H and O–H groups in total. The summed E-state index contributed by atoms with van der Waals surface area (Å²) in [5.74, 6) is -0.828. The van der Waals surface area contributed by atoms with Gasteiger partial charge < -0.3 is 4.90 Å². The van der Waals surface area contributed by atoms with Gasteiger partial charge in [0.05, 0.1) is 18.4 Å². The number of alkyl halides is 3. The molecular formula is C14H22F3N3O. The number of carbonyl (C=O) groups excluding carboxylic acids is 1. The Morgan fingerprint density at radius 3 is 2.71 bits per heavy atom. The molecule has 0 unspecified atom stereocenters. The Balaban J connectivity index is 2.66. The van der Waals surface area contributed by atoms with Crippen LogP contribution in [0.4, 0.5) is 13.2 Å². The third kappa shape index (κ3) is 5.54. The molecule has 1 aliphatic rings. The first-order valence-electron chi connectivity index (χ1n) is 7.25. The number of amides is 1. The maximum atomic E-state index is 12.5. The summed E-state index contributed by atoms with van der Waals surface area (Å²) in [6, 6.07) is 2.12. The van der Waals surface area contributed by atoms with Crippen LogP contribution in [0.2, 0.25) is 0 Å². The molecule has 0 bridgehead atoms. The first kappa shape index (κ1) is 17.8. The lowest BCUT2D eigenvalue weighted by molar-refractivity contribution is -0.164. The average molecular weight is 305 g/mol. The minimum absolute atomic E-state index is 0.0308. The number of hydrogen-bond donors (Lipinski definition) is 0. The maximum absolute atomic E-state index is 12.5. The normalized spacial score (nSPS) is 21.6. The smallest absolute Gasteiger partial charge is 0.334 e. The van der Waals surface area contributed by atoms with E-state index in [1.807, 2.05) is 11.8 Å². The fourth-order valence-electron chi connectivity index (χ4n) is 2.69. The highest BCUT2D eigenvalue weighted by Crippen LogP contribution is 2.23. The molecule has 120 valence electrons. The summed E-state index contributed by atoms with van der Waals surface area (Å²) in [4.78, 5) is 15.2. The number of nitrogens with zero attached hydrogens (tertiary/aromatic N) is 3. The van der Waals surface area contributed by atoms with Gasteiger partial charge in [0.15, 0.2) is 0 Å². The van der Waals surface area contributed by atoms with Crippen molar-refractivity contribution >= 4 is 5.91 Å². The first-order valence-corrected chi connectivity index (χ1v) is 7.25. The molecule has 0 aromatic heterocycles. The summed E-state index contributed by atoms with van der Waals surface area (Å²) in [5.41, 5.74) is 0. The molecule has 2 atom stereocenters. The average Bonchev–Trinajstić information content (AvgIpc) is 2.43. The van der Waals surface area contributed by atoms with Gasteiger partial charge in [-0.05, 0) is 33.2 Å². The van der Waals surface area contributed by atoms with Gasteiger partial charge in [-0.15, -0.1) is 0 Å². The number of rotatable bonds is 5. The third-order valence-corrected chi connectivity index (χ3v) is 3.88. The van der Waals surface area contributed by atoms with Crippen molar-refractivity contribution in [1.82, 2.24) is 9.80 Å². The number of piperidine rings is 1. The molecule has 0 aromatic carbocycles.